The zero-order chi connectivity index (χ0) is 10.8. The second-order valence-corrected chi connectivity index (χ2v) is 6.29. The van der Waals surface area contributed by atoms with Gasteiger partial charge in [-0.1, -0.05) is 34.6 Å². The van der Waals surface area contributed by atoms with Crippen LogP contribution in [0.5, 0.6) is 0 Å². The Hall–Kier alpha value is -0.0400. The van der Waals surface area contributed by atoms with Crippen LogP contribution < -0.4 is 5.32 Å². The van der Waals surface area contributed by atoms with E-state index in [9.17, 15) is 0 Å². The Bertz CT molecular complexity index is 169. The van der Waals surface area contributed by atoms with Gasteiger partial charge in [0.05, 0.1) is 0 Å². The Kier molecular flexibility index (Phi) is 4.00. The smallest absolute Gasteiger partial charge is 0.00953 e. The summed E-state index contributed by atoms with van der Waals surface area (Å²) in [6, 6.07) is 0.785. The molecule has 3 atom stereocenters. The van der Waals surface area contributed by atoms with Crippen molar-refractivity contribution in [3.63, 3.8) is 0 Å². The molecule has 1 fully saturated rings. The minimum atomic E-state index is 0.473. The van der Waals surface area contributed by atoms with Crippen LogP contribution >= 0.6 is 0 Å². The predicted molar refractivity (Wildman–Crippen MR) is 63.4 cm³/mol. The molecule has 1 heteroatoms. The molecule has 1 N–H and O–H groups in total. The van der Waals surface area contributed by atoms with Gasteiger partial charge in [0, 0.05) is 6.04 Å². The average Bonchev–Trinajstić information content (AvgIpc) is 2.33. The highest BCUT2D eigenvalue weighted by atomic mass is 14.9. The van der Waals surface area contributed by atoms with E-state index in [4.69, 9.17) is 0 Å². The first-order valence-corrected chi connectivity index (χ1v) is 6.13. The second-order valence-electron chi connectivity index (χ2n) is 6.29. The SMILES string of the molecule is CC1CCC(NCCC(C)(C)C)C1C. The summed E-state index contributed by atoms with van der Waals surface area (Å²) in [4.78, 5) is 0. The third-order valence-corrected chi connectivity index (χ3v) is 3.75. The van der Waals surface area contributed by atoms with E-state index in [1.807, 2.05) is 0 Å². The molecule has 3 unspecified atom stereocenters. The van der Waals surface area contributed by atoms with E-state index in [1.165, 1.54) is 25.8 Å². The third-order valence-electron chi connectivity index (χ3n) is 3.75. The van der Waals surface area contributed by atoms with E-state index in [0.29, 0.717) is 5.41 Å². The van der Waals surface area contributed by atoms with Gasteiger partial charge in [-0.3, -0.25) is 0 Å². The number of hydrogen-bond acceptors (Lipinski definition) is 1. The second kappa shape index (κ2) is 4.65. The number of nitrogens with one attached hydrogen (secondary N) is 1. The summed E-state index contributed by atoms with van der Waals surface area (Å²) in [5.41, 5.74) is 0.473. The fourth-order valence-corrected chi connectivity index (χ4v) is 2.29. The lowest BCUT2D eigenvalue weighted by Crippen LogP contribution is -2.34. The van der Waals surface area contributed by atoms with Crippen molar-refractivity contribution in [3.05, 3.63) is 0 Å². The fourth-order valence-electron chi connectivity index (χ4n) is 2.29. The van der Waals surface area contributed by atoms with Crippen LogP contribution in [-0.2, 0) is 0 Å². The summed E-state index contributed by atoms with van der Waals surface area (Å²) in [5.74, 6) is 1.79. The minimum Gasteiger partial charge on any atom is -0.314 e. The molecule has 0 heterocycles. The van der Waals surface area contributed by atoms with Gasteiger partial charge in [0.1, 0.15) is 0 Å². The Labute approximate surface area is 89.7 Å². The summed E-state index contributed by atoms with van der Waals surface area (Å²) < 4.78 is 0. The first-order valence-electron chi connectivity index (χ1n) is 6.13. The topological polar surface area (TPSA) is 12.0 Å². The van der Waals surface area contributed by atoms with Gasteiger partial charge in [-0.05, 0) is 43.1 Å². The molecule has 0 spiro atoms. The number of hydrogen-bond donors (Lipinski definition) is 1. The van der Waals surface area contributed by atoms with Crippen LogP contribution in [0.15, 0.2) is 0 Å². The highest BCUT2D eigenvalue weighted by molar-refractivity contribution is 4.84. The predicted octanol–water partition coefficient (Wildman–Crippen LogP) is 3.45. The van der Waals surface area contributed by atoms with Crippen molar-refractivity contribution < 1.29 is 0 Å². The van der Waals surface area contributed by atoms with Crippen LogP contribution in [0, 0.1) is 17.3 Å². The molecule has 0 bridgehead atoms. The van der Waals surface area contributed by atoms with Crippen molar-refractivity contribution in [1.82, 2.24) is 5.32 Å². The van der Waals surface area contributed by atoms with Gasteiger partial charge in [0.2, 0.25) is 0 Å². The van der Waals surface area contributed by atoms with Crippen LogP contribution in [0.25, 0.3) is 0 Å². The summed E-state index contributed by atoms with van der Waals surface area (Å²) in [6.45, 7) is 12.9. The minimum absolute atomic E-state index is 0.473. The zero-order valence-electron chi connectivity index (χ0n) is 10.6. The molecule has 84 valence electrons. The van der Waals surface area contributed by atoms with E-state index in [0.717, 1.165) is 17.9 Å². The highest BCUT2D eigenvalue weighted by Crippen LogP contribution is 2.31. The molecule has 0 saturated heterocycles. The van der Waals surface area contributed by atoms with Crippen LogP contribution in [0.1, 0.15) is 53.9 Å². The number of rotatable bonds is 3. The van der Waals surface area contributed by atoms with Crippen molar-refractivity contribution >= 4 is 0 Å². The van der Waals surface area contributed by atoms with E-state index in [-0.39, 0.29) is 0 Å². The fraction of sp³-hybridized carbons (Fsp3) is 1.00. The molecule has 1 nitrogen and oxygen atoms in total. The van der Waals surface area contributed by atoms with Crippen molar-refractivity contribution in [2.75, 3.05) is 6.54 Å². The highest BCUT2D eigenvalue weighted by Gasteiger charge is 2.29. The maximum Gasteiger partial charge on any atom is 0.00953 e. The van der Waals surface area contributed by atoms with Crippen molar-refractivity contribution in [2.45, 2.75) is 59.9 Å². The molecular weight excluding hydrogens is 170 g/mol. The Morgan fingerprint density at radius 3 is 2.21 bits per heavy atom. The molecule has 14 heavy (non-hydrogen) atoms. The molecule has 1 saturated carbocycles. The maximum atomic E-state index is 3.72. The standard InChI is InChI=1S/C13H27N/c1-10-6-7-12(11(10)2)14-9-8-13(3,4)5/h10-12,14H,6-9H2,1-5H3. The molecule has 1 rings (SSSR count). The Morgan fingerprint density at radius 2 is 1.79 bits per heavy atom. The van der Waals surface area contributed by atoms with Gasteiger partial charge >= 0.3 is 0 Å². The van der Waals surface area contributed by atoms with Crippen LogP contribution in [-0.4, -0.2) is 12.6 Å². The quantitative estimate of drug-likeness (QED) is 0.731. The normalized spacial score (nSPS) is 33.6. The van der Waals surface area contributed by atoms with Crippen molar-refractivity contribution in [2.24, 2.45) is 17.3 Å². The first-order chi connectivity index (χ1) is 6.40. The zero-order valence-corrected chi connectivity index (χ0v) is 10.6. The Morgan fingerprint density at radius 1 is 1.14 bits per heavy atom. The molecule has 1 aliphatic rings. The third kappa shape index (κ3) is 3.61. The average molecular weight is 197 g/mol. The molecule has 0 aromatic carbocycles. The Balaban J connectivity index is 2.19. The summed E-state index contributed by atoms with van der Waals surface area (Å²) in [7, 11) is 0. The van der Waals surface area contributed by atoms with E-state index in [2.05, 4.69) is 39.9 Å². The van der Waals surface area contributed by atoms with Crippen molar-refractivity contribution in [3.8, 4) is 0 Å². The van der Waals surface area contributed by atoms with E-state index < -0.39 is 0 Å². The van der Waals surface area contributed by atoms with Crippen molar-refractivity contribution in [1.29, 1.82) is 0 Å². The molecule has 0 aromatic heterocycles. The lowest BCUT2D eigenvalue weighted by atomic mass is 9.92. The largest absolute Gasteiger partial charge is 0.314 e. The van der Waals surface area contributed by atoms with Crippen LogP contribution in [0.2, 0.25) is 0 Å². The molecule has 0 amide bonds. The molecule has 1 aliphatic carbocycles. The van der Waals surface area contributed by atoms with E-state index in [1.54, 1.807) is 0 Å². The van der Waals surface area contributed by atoms with Gasteiger partial charge in [0.25, 0.3) is 0 Å². The maximum absolute atomic E-state index is 3.72. The summed E-state index contributed by atoms with van der Waals surface area (Å²) in [6.07, 6.45) is 4.07. The summed E-state index contributed by atoms with van der Waals surface area (Å²) >= 11 is 0. The molecule has 0 radical (unpaired) electrons. The molecular formula is C13H27N. The van der Waals surface area contributed by atoms with Gasteiger partial charge in [-0.2, -0.15) is 0 Å². The lowest BCUT2D eigenvalue weighted by Gasteiger charge is -2.23. The van der Waals surface area contributed by atoms with Gasteiger partial charge < -0.3 is 5.32 Å². The van der Waals surface area contributed by atoms with Gasteiger partial charge in [-0.25, -0.2) is 0 Å². The van der Waals surface area contributed by atoms with Crippen LogP contribution in [0.3, 0.4) is 0 Å². The lowest BCUT2D eigenvalue weighted by molar-refractivity contribution is 0.324. The first kappa shape index (κ1) is 12.0. The molecule has 0 aliphatic heterocycles. The van der Waals surface area contributed by atoms with Gasteiger partial charge in [0.15, 0.2) is 0 Å². The van der Waals surface area contributed by atoms with Crippen LogP contribution in [0.4, 0.5) is 0 Å². The summed E-state index contributed by atoms with van der Waals surface area (Å²) in [5, 5.41) is 3.72. The molecule has 0 aromatic rings. The van der Waals surface area contributed by atoms with E-state index >= 15 is 0 Å². The monoisotopic (exact) mass is 197 g/mol. The van der Waals surface area contributed by atoms with Gasteiger partial charge in [-0.15, -0.1) is 0 Å².